The van der Waals surface area contributed by atoms with Crippen molar-refractivity contribution < 1.29 is 10.0 Å². The summed E-state index contributed by atoms with van der Waals surface area (Å²) in [7, 11) is 0. The molecule has 0 aromatic heterocycles. The number of anilines is 1. The molecule has 2 amide bonds. The minimum absolute atomic E-state index is 0.0136. The number of rotatable bonds is 5. The van der Waals surface area contributed by atoms with Crippen molar-refractivity contribution in [3.63, 3.8) is 0 Å². The van der Waals surface area contributed by atoms with Crippen LogP contribution in [0.1, 0.15) is 25.3 Å². The van der Waals surface area contributed by atoms with Crippen molar-refractivity contribution >= 4 is 33.5 Å². The van der Waals surface area contributed by atoms with Crippen molar-refractivity contribution in [3.8, 4) is 0 Å². The number of nitrogens with two attached hydrogens (primary N) is 1. The normalized spacial score (nSPS) is 11.2. The van der Waals surface area contributed by atoms with Crippen molar-refractivity contribution in [3.05, 3.63) is 28.2 Å². The van der Waals surface area contributed by atoms with E-state index < -0.39 is 0 Å². The number of carbonyl (C=O) groups is 1. The molecule has 6 nitrogen and oxygen atoms in total. The molecule has 0 heterocycles. The first-order valence-corrected chi connectivity index (χ1v) is 6.70. The highest BCUT2D eigenvalue weighted by Crippen LogP contribution is 2.23. The molecule has 0 bridgehead atoms. The summed E-state index contributed by atoms with van der Waals surface area (Å²) in [5, 5.41) is 17.0. The van der Waals surface area contributed by atoms with Crippen LogP contribution in [0.4, 0.5) is 10.5 Å². The lowest BCUT2D eigenvalue weighted by Crippen LogP contribution is -2.29. The molecule has 0 spiro atoms. The maximum absolute atomic E-state index is 11.6. The minimum atomic E-state index is -0.259. The van der Waals surface area contributed by atoms with Crippen molar-refractivity contribution in [2.45, 2.75) is 19.8 Å². The van der Waals surface area contributed by atoms with Crippen LogP contribution in [0.2, 0.25) is 0 Å². The number of carbonyl (C=O) groups excluding carboxylic acids is 1. The van der Waals surface area contributed by atoms with E-state index in [0.29, 0.717) is 22.3 Å². The Hall–Kier alpha value is -1.76. The van der Waals surface area contributed by atoms with Gasteiger partial charge in [-0.1, -0.05) is 18.5 Å². The number of halogens is 1. The van der Waals surface area contributed by atoms with Gasteiger partial charge in [0.25, 0.3) is 0 Å². The van der Waals surface area contributed by atoms with Crippen LogP contribution in [0.25, 0.3) is 0 Å². The minimum Gasteiger partial charge on any atom is -0.409 e. The highest BCUT2D eigenvalue weighted by atomic mass is 79.9. The fourth-order valence-corrected chi connectivity index (χ4v) is 1.86. The predicted octanol–water partition coefficient (Wildman–Crippen LogP) is 2.47. The van der Waals surface area contributed by atoms with Crippen molar-refractivity contribution in [2.75, 3.05) is 11.9 Å². The Morgan fingerprint density at radius 1 is 1.53 bits per heavy atom. The van der Waals surface area contributed by atoms with Crippen molar-refractivity contribution in [1.82, 2.24) is 5.32 Å². The lowest BCUT2D eigenvalue weighted by Gasteiger charge is -2.10. The number of hydrogen-bond acceptors (Lipinski definition) is 3. The summed E-state index contributed by atoms with van der Waals surface area (Å²) in [4.78, 5) is 11.6. The second-order valence-electron chi connectivity index (χ2n) is 3.91. The van der Waals surface area contributed by atoms with Gasteiger partial charge in [-0.25, -0.2) is 4.79 Å². The Morgan fingerprint density at radius 3 is 2.84 bits per heavy atom. The molecule has 0 aliphatic carbocycles. The predicted molar refractivity (Wildman–Crippen MR) is 78.6 cm³/mol. The maximum Gasteiger partial charge on any atom is 0.319 e. The summed E-state index contributed by atoms with van der Waals surface area (Å²) in [6.07, 6.45) is 1.97. The molecule has 7 heteroatoms. The number of nitrogens with one attached hydrogen (secondary N) is 2. The van der Waals surface area contributed by atoms with Gasteiger partial charge in [-0.2, -0.15) is 0 Å². The fourth-order valence-electron chi connectivity index (χ4n) is 1.38. The molecule has 1 rings (SSSR count). The van der Waals surface area contributed by atoms with Gasteiger partial charge in [0, 0.05) is 16.6 Å². The number of benzene rings is 1. The second-order valence-corrected chi connectivity index (χ2v) is 4.77. The molecule has 1 aromatic carbocycles. The molecule has 0 radical (unpaired) electrons. The average molecular weight is 329 g/mol. The zero-order valence-electron chi connectivity index (χ0n) is 10.6. The number of amides is 2. The number of urea groups is 1. The Morgan fingerprint density at radius 2 is 2.26 bits per heavy atom. The molecule has 5 N–H and O–H groups in total. The molecule has 0 aliphatic rings. The highest BCUT2D eigenvalue weighted by molar-refractivity contribution is 9.10. The second kappa shape index (κ2) is 7.63. The number of nitrogens with zero attached hydrogens (tertiary/aromatic N) is 1. The molecular weight excluding hydrogens is 312 g/mol. The van der Waals surface area contributed by atoms with Crippen LogP contribution in [0.5, 0.6) is 0 Å². The van der Waals surface area contributed by atoms with E-state index in [4.69, 9.17) is 10.9 Å². The molecule has 104 valence electrons. The standard InChI is InChI=1S/C12H17BrN4O2/c1-2-3-6-15-12(18)16-10-5-4-8(7-9(10)13)11(14)17-19/h4-5,7,19H,2-3,6H2,1H3,(H2,14,17)(H2,15,16,18). The van der Waals surface area contributed by atoms with E-state index in [1.807, 2.05) is 0 Å². The largest absolute Gasteiger partial charge is 0.409 e. The van der Waals surface area contributed by atoms with Gasteiger partial charge in [0.05, 0.1) is 5.69 Å². The topological polar surface area (TPSA) is 99.7 Å². The van der Waals surface area contributed by atoms with Gasteiger partial charge in [-0.15, -0.1) is 0 Å². The zero-order valence-corrected chi connectivity index (χ0v) is 12.2. The Bertz CT molecular complexity index is 477. The number of oxime groups is 1. The lowest BCUT2D eigenvalue weighted by molar-refractivity contribution is 0.252. The summed E-state index contributed by atoms with van der Waals surface area (Å²) in [5.41, 5.74) is 6.65. The SMILES string of the molecule is CCCCNC(=O)Nc1ccc(/C(N)=N/O)cc1Br. The lowest BCUT2D eigenvalue weighted by atomic mass is 10.2. The van der Waals surface area contributed by atoms with Gasteiger partial charge in [0.15, 0.2) is 5.84 Å². The first-order valence-electron chi connectivity index (χ1n) is 5.90. The van der Waals surface area contributed by atoms with Crippen LogP contribution in [0.15, 0.2) is 27.8 Å². The van der Waals surface area contributed by atoms with Crippen LogP contribution < -0.4 is 16.4 Å². The Kier molecular flexibility index (Phi) is 6.14. The zero-order chi connectivity index (χ0) is 14.3. The molecule has 1 aromatic rings. The number of amidine groups is 1. The molecule has 0 fully saturated rings. The van der Waals surface area contributed by atoms with Gasteiger partial charge in [0.1, 0.15) is 0 Å². The molecule has 0 unspecified atom stereocenters. The summed E-state index contributed by atoms with van der Waals surface area (Å²) in [6, 6.07) is 4.74. The quantitative estimate of drug-likeness (QED) is 0.219. The van der Waals surface area contributed by atoms with E-state index in [0.717, 1.165) is 12.8 Å². The van der Waals surface area contributed by atoms with Gasteiger partial charge in [0.2, 0.25) is 0 Å². The van der Waals surface area contributed by atoms with E-state index in [-0.39, 0.29) is 11.9 Å². The van der Waals surface area contributed by atoms with E-state index >= 15 is 0 Å². The van der Waals surface area contributed by atoms with Crippen LogP contribution in [0, 0.1) is 0 Å². The molecule has 0 saturated carbocycles. The van der Waals surface area contributed by atoms with Gasteiger partial charge in [-0.05, 0) is 40.5 Å². The third-order valence-electron chi connectivity index (χ3n) is 2.44. The monoisotopic (exact) mass is 328 g/mol. The summed E-state index contributed by atoms with van der Waals surface area (Å²) in [5.74, 6) is 0.0136. The Balaban J connectivity index is 2.67. The van der Waals surface area contributed by atoms with Crippen LogP contribution in [-0.4, -0.2) is 23.6 Å². The molecule has 0 aliphatic heterocycles. The van der Waals surface area contributed by atoms with E-state index in [2.05, 4.69) is 38.6 Å². The summed E-state index contributed by atoms with van der Waals surface area (Å²) >= 11 is 3.32. The van der Waals surface area contributed by atoms with E-state index in [9.17, 15) is 4.79 Å². The molecule has 0 saturated heterocycles. The summed E-state index contributed by atoms with van der Waals surface area (Å²) < 4.78 is 0.655. The van der Waals surface area contributed by atoms with E-state index in [1.54, 1.807) is 18.2 Å². The van der Waals surface area contributed by atoms with Crippen molar-refractivity contribution in [2.24, 2.45) is 10.9 Å². The van der Waals surface area contributed by atoms with Crippen molar-refractivity contribution in [1.29, 1.82) is 0 Å². The Labute approximate surface area is 120 Å². The number of hydrogen-bond donors (Lipinski definition) is 4. The van der Waals surface area contributed by atoms with E-state index in [1.165, 1.54) is 0 Å². The fraction of sp³-hybridized carbons (Fsp3) is 0.333. The van der Waals surface area contributed by atoms with Gasteiger partial charge >= 0.3 is 6.03 Å². The molecular formula is C12H17BrN4O2. The molecule has 19 heavy (non-hydrogen) atoms. The van der Waals surface area contributed by atoms with Crippen LogP contribution >= 0.6 is 15.9 Å². The van der Waals surface area contributed by atoms with Gasteiger partial charge < -0.3 is 21.6 Å². The molecule has 0 atom stereocenters. The third kappa shape index (κ3) is 4.78. The first kappa shape index (κ1) is 15.3. The van der Waals surface area contributed by atoms with Crippen LogP contribution in [0.3, 0.4) is 0 Å². The smallest absolute Gasteiger partial charge is 0.319 e. The maximum atomic E-state index is 11.6. The average Bonchev–Trinajstić information content (AvgIpc) is 2.40. The third-order valence-corrected chi connectivity index (χ3v) is 3.09. The highest BCUT2D eigenvalue weighted by Gasteiger charge is 2.07. The first-order chi connectivity index (χ1) is 9.08. The summed E-state index contributed by atoms with van der Waals surface area (Å²) in [6.45, 7) is 2.70. The van der Waals surface area contributed by atoms with Crippen LogP contribution in [-0.2, 0) is 0 Å². The van der Waals surface area contributed by atoms with Gasteiger partial charge in [-0.3, -0.25) is 0 Å². The number of unbranched alkanes of at least 4 members (excludes halogenated alkanes) is 1.